The molecule has 5 rings (SSSR count). The van der Waals surface area contributed by atoms with Gasteiger partial charge in [-0.15, -0.1) is 0 Å². The highest BCUT2D eigenvalue weighted by Crippen LogP contribution is 2.62. The molecule has 1 aromatic heterocycles. The summed E-state index contributed by atoms with van der Waals surface area (Å²) in [5.74, 6) is 1.56. The smallest absolute Gasteiger partial charge is 0.253 e. The number of nitrogens with zero attached hydrogens (tertiary/aromatic N) is 1. The normalized spacial score (nSPS) is 31.5. The van der Waals surface area contributed by atoms with Gasteiger partial charge in [-0.25, -0.2) is 0 Å². The third-order valence-corrected chi connectivity index (χ3v) is 8.71. The lowest BCUT2D eigenvalue weighted by Crippen LogP contribution is -2.52. The van der Waals surface area contributed by atoms with Gasteiger partial charge in [0.05, 0.1) is 24.3 Å². The summed E-state index contributed by atoms with van der Waals surface area (Å²) in [6.45, 7) is 10.7. The molecule has 168 valence electrons. The molecule has 2 heterocycles. The van der Waals surface area contributed by atoms with Crippen LogP contribution in [0.5, 0.6) is 5.75 Å². The van der Waals surface area contributed by atoms with Crippen LogP contribution >= 0.6 is 0 Å². The van der Waals surface area contributed by atoms with Gasteiger partial charge in [0.1, 0.15) is 5.75 Å². The predicted molar refractivity (Wildman–Crippen MR) is 123 cm³/mol. The lowest BCUT2D eigenvalue weighted by atomic mass is 9.68. The quantitative estimate of drug-likeness (QED) is 0.728. The second-order valence-corrected chi connectivity index (χ2v) is 10.9. The first-order valence-electron chi connectivity index (χ1n) is 11.8. The van der Waals surface area contributed by atoms with Gasteiger partial charge in [-0.1, -0.05) is 32.9 Å². The third kappa shape index (κ3) is 3.11. The van der Waals surface area contributed by atoms with Crippen LogP contribution in [0.15, 0.2) is 18.2 Å². The number of ether oxygens (including phenoxy) is 2. The van der Waals surface area contributed by atoms with E-state index in [2.05, 4.69) is 43.6 Å². The van der Waals surface area contributed by atoms with Gasteiger partial charge < -0.3 is 19.4 Å². The van der Waals surface area contributed by atoms with Crippen LogP contribution in [0.1, 0.15) is 68.9 Å². The van der Waals surface area contributed by atoms with Crippen molar-refractivity contribution in [3.63, 3.8) is 0 Å². The number of benzene rings is 1. The molecule has 0 radical (unpaired) electrons. The molecule has 2 aromatic rings. The number of hydrogen-bond donors (Lipinski definition) is 1. The van der Waals surface area contributed by atoms with E-state index in [1.807, 2.05) is 12.1 Å². The van der Waals surface area contributed by atoms with Gasteiger partial charge in [-0.3, -0.25) is 4.79 Å². The minimum Gasteiger partial charge on any atom is -0.495 e. The summed E-state index contributed by atoms with van der Waals surface area (Å²) in [4.78, 5) is 13.8. The van der Waals surface area contributed by atoms with E-state index in [4.69, 9.17) is 9.47 Å². The van der Waals surface area contributed by atoms with Crippen LogP contribution < -0.4 is 10.1 Å². The average Bonchev–Trinajstić information content (AvgIpc) is 3.48. The van der Waals surface area contributed by atoms with E-state index in [0.717, 1.165) is 53.9 Å². The van der Waals surface area contributed by atoms with Crippen molar-refractivity contribution >= 4 is 16.8 Å². The Morgan fingerprint density at radius 1 is 1.29 bits per heavy atom. The van der Waals surface area contributed by atoms with Crippen LogP contribution in [0.4, 0.5) is 0 Å². The molecule has 1 saturated heterocycles. The fourth-order valence-electron chi connectivity index (χ4n) is 7.04. The predicted octanol–water partition coefficient (Wildman–Crippen LogP) is 5.08. The van der Waals surface area contributed by atoms with Crippen molar-refractivity contribution in [2.24, 2.45) is 16.7 Å². The first-order chi connectivity index (χ1) is 14.8. The lowest BCUT2D eigenvalue weighted by Gasteiger charge is -2.43. The molecule has 1 N–H and O–H groups in total. The van der Waals surface area contributed by atoms with Crippen molar-refractivity contribution in [1.29, 1.82) is 0 Å². The molecule has 0 spiro atoms. The molecule has 5 nitrogen and oxygen atoms in total. The zero-order valence-corrected chi connectivity index (χ0v) is 19.6. The van der Waals surface area contributed by atoms with Crippen molar-refractivity contribution in [1.82, 2.24) is 9.88 Å². The van der Waals surface area contributed by atoms with Gasteiger partial charge in [0.25, 0.3) is 5.91 Å². The summed E-state index contributed by atoms with van der Waals surface area (Å²) >= 11 is 0. The Morgan fingerprint density at radius 2 is 2.10 bits per heavy atom. The maximum Gasteiger partial charge on any atom is 0.253 e. The number of carbonyl (C=O) groups is 1. The molecular formula is C26H36N2O3. The van der Waals surface area contributed by atoms with Crippen LogP contribution in [-0.2, 0) is 11.3 Å². The van der Waals surface area contributed by atoms with Gasteiger partial charge in [-0.2, -0.15) is 0 Å². The second-order valence-electron chi connectivity index (χ2n) is 10.9. The Kier molecular flexibility index (Phi) is 4.89. The first kappa shape index (κ1) is 20.9. The summed E-state index contributed by atoms with van der Waals surface area (Å²) in [5, 5.41) is 4.48. The third-order valence-electron chi connectivity index (χ3n) is 8.71. The number of methoxy groups -OCH3 is 1. The molecule has 3 fully saturated rings. The zero-order chi connectivity index (χ0) is 22.0. The first-order valence-corrected chi connectivity index (χ1v) is 11.8. The van der Waals surface area contributed by atoms with Gasteiger partial charge in [0.15, 0.2) is 0 Å². The number of rotatable bonds is 5. The maximum atomic E-state index is 13.8. The minimum absolute atomic E-state index is 0.0497. The van der Waals surface area contributed by atoms with Crippen molar-refractivity contribution in [2.75, 3.05) is 13.7 Å². The maximum absolute atomic E-state index is 13.8. The molecule has 1 amide bonds. The van der Waals surface area contributed by atoms with Crippen LogP contribution in [-0.4, -0.2) is 36.3 Å². The summed E-state index contributed by atoms with van der Waals surface area (Å²) in [6.07, 6.45) is 6.07. The molecule has 3 aliphatic rings. The molecule has 3 unspecified atom stereocenters. The SMILES string of the molecule is COc1cccc2c(C(=O)NC3C4(C)CC[C@H](C4)C3(C)C)c(C)n(CC3CCCO3)c12. The topological polar surface area (TPSA) is 52.5 Å². The fourth-order valence-corrected chi connectivity index (χ4v) is 7.04. The van der Waals surface area contributed by atoms with E-state index >= 15 is 0 Å². The van der Waals surface area contributed by atoms with E-state index in [9.17, 15) is 4.79 Å². The number of amides is 1. The zero-order valence-electron chi connectivity index (χ0n) is 19.6. The Morgan fingerprint density at radius 3 is 2.74 bits per heavy atom. The second kappa shape index (κ2) is 7.26. The average molecular weight is 425 g/mol. The summed E-state index contributed by atoms with van der Waals surface area (Å²) in [6, 6.07) is 6.22. The number of aromatic nitrogens is 1. The van der Waals surface area contributed by atoms with Gasteiger partial charge in [0.2, 0.25) is 0 Å². The highest BCUT2D eigenvalue weighted by molar-refractivity contribution is 6.10. The number of fused-ring (bicyclic) bond motifs is 3. The lowest BCUT2D eigenvalue weighted by molar-refractivity contribution is 0.0737. The van der Waals surface area contributed by atoms with Crippen molar-refractivity contribution in [3.8, 4) is 5.75 Å². The van der Waals surface area contributed by atoms with E-state index in [1.165, 1.54) is 19.3 Å². The molecular weight excluding hydrogens is 388 g/mol. The number of para-hydroxylation sites is 1. The monoisotopic (exact) mass is 424 g/mol. The molecule has 5 heteroatoms. The van der Waals surface area contributed by atoms with Crippen LogP contribution in [0.3, 0.4) is 0 Å². The Labute approximate surface area is 185 Å². The molecule has 2 bridgehead atoms. The Balaban J connectivity index is 1.55. The molecule has 4 atom stereocenters. The standard InChI is InChI=1S/C26H36N2O3/c1-16-21(23(29)27-24-25(2,3)17-11-12-26(24,4)14-17)19-9-6-10-20(30-5)22(19)28(16)15-18-8-7-13-31-18/h6,9-10,17-18,24H,7-8,11-15H2,1-5H3,(H,27,29)/t17-,18?,24?,26?/m1/s1. The van der Waals surface area contributed by atoms with Crippen molar-refractivity contribution in [3.05, 3.63) is 29.5 Å². The minimum atomic E-state index is 0.0497. The largest absolute Gasteiger partial charge is 0.495 e. The van der Waals surface area contributed by atoms with Gasteiger partial charge in [0, 0.05) is 30.3 Å². The summed E-state index contributed by atoms with van der Waals surface area (Å²) in [7, 11) is 1.70. The number of carbonyl (C=O) groups excluding carboxylic acids is 1. The van der Waals surface area contributed by atoms with Crippen LogP contribution in [0.2, 0.25) is 0 Å². The van der Waals surface area contributed by atoms with E-state index in [-0.39, 0.29) is 28.9 Å². The Bertz CT molecular complexity index is 1010. The molecule has 2 saturated carbocycles. The van der Waals surface area contributed by atoms with Crippen molar-refractivity contribution < 1.29 is 14.3 Å². The van der Waals surface area contributed by atoms with Crippen molar-refractivity contribution in [2.45, 2.75) is 78.5 Å². The molecule has 1 aliphatic heterocycles. The van der Waals surface area contributed by atoms with Crippen LogP contribution in [0, 0.1) is 23.7 Å². The van der Waals surface area contributed by atoms with Gasteiger partial charge in [-0.05, 0) is 61.8 Å². The highest BCUT2D eigenvalue weighted by atomic mass is 16.5. The number of hydrogen-bond acceptors (Lipinski definition) is 3. The summed E-state index contributed by atoms with van der Waals surface area (Å²) in [5.41, 5.74) is 3.12. The van der Waals surface area contributed by atoms with E-state index < -0.39 is 0 Å². The molecule has 2 aliphatic carbocycles. The number of nitrogens with one attached hydrogen (secondary N) is 1. The Hall–Kier alpha value is -2.01. The highest BCUT2D eigenvalue weighted by Gasteiger charge is 2.59. The molecule has 31 heavy (non-hydrogen) atoms. The van der Waals surface area contributed by atoms with E-state index in [0.29, 0.717) is 5.92 Å². The van der Waals surface area contributed by atoms with E-state index in [1.54, 1.807) is 7.11 Å². The summed E-state index contributed by atoms with van der Waals surface area (Å²) < 4.78 is 13.9. The fraction of sp³-hybridized carbons (Fsp3) is 0.654. The molecule has 1 aromatic carbocycles. The van der Waals surface area contributed by atoms with Gasteiger partial charge >= 0.3 is 0 Å². The van der Waals surface area contributed by atoms with Crippen LogP contribution in [0.25, 0.3) is 10.9 Å².